The molecule has 0 bridgehead atoms. The third-order valence-electron chi connectivity index (χ3n) is 5.76. The van der Waals surface area contributed by atoms with E-state index in [0.29, 0.717) is 24.2 Å². The van der Waals surface area contributed by atoms with Gasteiger partial charge in [0.15, 0.2) is 17.3 Å². The van der Waals surface area contributed by atoms with Gasteiger partial charge >= 0.3 is 0 Å². The quantitative estimate of drug-likeness (QED) is 0.334. The number of rotatable bonds is 8. The minimum atomic E-state index is -1.68. The van der Waals surface area contributed by atoms with Gasteiger partial charge in [-0.1, -0.05) is 0 Å². The Kier molecular flexibility index (Phi) is 6.62. The van der Waals surface area contributed by atoms with Crippen molar-refractivity contribution in [2.45, 2.75) is 57.0 Å². The van der Waals surface area contributed by atoms with Crippen molar-refractivity contribution in [3.63, 3.8) is 0 Å². The van der Waals surface area contributed by atoms with Gasteiger partial charge in [-0.3, -0.25) is 4.79 Å². The van der Waals surface area contributed by atoms with Crippen LogP contribution in [0.3, 0.4) is 0 Å². The van der Waals surface area contributed by atoms with Gasteiger partial charge in [-0.2, -0.15) is 5.10 Å². The van der Waals surface area contributed by atoms with Gasteiger partial charge in [0.2, 0.25) is 0 Å². The smallest absolute Gasteiger partial charge is 0.255 e. The fourth-order valence-corrected chi connectivity index (χ4v) is 3.70. The highest BCUT2D eigenvalue weighted by Gasteiger charge is 2.29. The highest BCUT2D eigenvalue weighted by molar-refractivity contribution is 6.00. The molecule has 10 nitrogen and oxygen atoms in total. The SMILES string of the molecule is CC(C)(O)C(F)CNC(=O)c1cnc(Nc2nc3ccnn3cc2F)cc1NC1CCCC1O. The number of nitrogens with one attached hydrogen (secondary N) is 3. The summed E-state index contributed by atoms with van der Waals surface area (Å²) in [7, 11) is 0. The van der Waals surface area contributed by atoms with E-state index in [0.717, 1.165) is 6.42 Å². The molecule has 3 unspecified atom stereocenters. The number of nitrogens with zero attached hydrogens (tertiary/aromatic N) is 4. The molecule has 1 saturated carbocycles. The number of aromatic nitrogens is 4. The van der Waals surface area contributed by atoms with Crippen molar-refractivity contribution in [1.82, 2.24) is 24.9 Å². The maximum atomic E-state index is 14.5. The van der Waals surface area contributed by atoms with Crippen LogP contribution in [0.25, 0.3) is 5.65 Å². The van der Waals surface area contributed by atoms with Gasteiger partial charge < -0.3 is 26.2 Å². The van der Waals surface area contributed by atoms with E-state index in [1.807, 2.05) is 0 Å². The lowest BCUT2D eigenvalue weighted by atomic mass is 10.0. The number of amides is 1. The van der Waals surface area contributed by atoms with Crippen LogP contribution in [0.4, 0.5) is 26.1 Å². The van der Waals surface area contributed by atoms with Crippen LogP contribution in [0.1, 0.15) is 43.5 Å². The zero-order valence-corrected chi connectivity index (χ0v) is 18.8. The molecule has 0 spiro atoms. The van der Waals surface area contributed by atoms with E-state index in [1.165, 1.54) is 43.0 Å². The number of halogens is 2. The van der Waals surface area contributed by atoms with E-state index in [9.17, 15) is 23.8 Å². The number of alkyl halides is 1. The van der Waals surface area contributed by atoms with Crippen LogP contribution in [0.5, 0.6) is 0 Å². The van der Waals surface area contributed by atoms with Crippen LogP contribution >= 0.6 is 0 Å². The van der Waals surface area contributed by atoms with Crippen molar-refractivity contribution >= 4 is 28.9 Å². The molecular formula is C22H27F2N7O3. The molecule has 0 radical (unpaired) electrons. The Balaban J connectivity index is 1.59. The third kappa shape index (κ3) is 5.23. The van der Waals surface area contributed by atoms with Gasteiger partial charge in [-0.25, -0.2) is 23.3 Å². The lowest BCUT2D eigenvalue weighted by Crippen LogP contribution is -2.42. The summed E-state index contributed by atoms with van der Waals surface area (Å²) in [6.07, 6.45) is 3.83. The fraction of sp³-hybridized carbons (Fsp3) is 0.455. The summed E-state index contributed by atoms with van der Waals surface area (Å²) in [5.74, 6) is -1.12. The van der Waals surface area contributed by atoms with E-state index in [2.05, 4.69) is 31.0 Å². The van der Waals surface area contributed by atoms with Gasteiger partial charge in [-0.15, -0.1) is 0 Å². The average Bonchev–Trinajstić information content (AvgIpc) is 3.40. The first-order valence-corrected chi connectivity index (χ1v) is 11.0. The summed E-state index contributed by atoms with van der Waals surface area (Å²) in [6.45, 7) is 2.23. The molecule has 3 atom stereocenters. The van der Waals surface area contributed by atoms with E-state index in [4.69, 9.17) is 0 Å². The maximum absolute atomic E-state index is 14.5. The summed E-state index contributed by atoms with van der Waals surface area (Å²) in [5, 5.41) is 32.3. The summed E-state index contributed by atoms with van der Waals surface area (Å²) < 4.78 is 29.9. The number of pyridine rings is 1. The predicted molar refractivity (Wildman–Crippen MR) is 121 cm³/mol. The Bertz CT molecular complexity index is 1180. The molecule has 3 heterocycles. The number of anilines is 3. The third-order valence-corrected chi connectivity index (χ3v) is 5.76. The van der Waals surface area contributed by atoms with Gasteiger partial charge in [0.25, 0.3) is 5.91 Å². The number of hydrogen-bond donors (Lipinski definition) is 5. The van der Waals surface area contributed by atoms with Crippen molar-refractivity contribution in [3.05, 3.63) is 42.1 Å². The van der Waals surface area contributed by atoms with Gasteiger partial charge in [-0.05, 0) is 33.1 Å². The zero-order chi connectivity index (χ0) is 24.5. The van der Waals surface area contributed by atoms with Crippen LogP contribution in [-0.2, 0) is 0 Å². The van der Waals surface area contributed by atoms with E-state index < -0.39 is 36.1 Å². The molecule has 3 aromatic heterocycles. The minimum Gasteiger partial charge on any atom is -0.391 e. The topological polar surface area (TPSA) is 137 Å². The van der Waals surface area contributed by atoms with Gasteiger partial charge in [0.05, 0.1) is 47.9 Å². The Morgan fingerprint density at radius 1 is 1.38 bits per heavy atom. The molecule has 1 aliphatic carbocycles. The molecule has 4 rings (SSSR count). The molecule has 1 aliphatic rings. The van der Waals surface area contributed by atoms with Crippen LogP contribution in [-0.4, -0.2) is 66.2 Å². The van der Waals surface area contributed by atoms with E-state index in [-0.39, 0.29) is 23.2 Å². The lowest BCUT2D eigenvalue weighted by molar-refractivity contribution is -0.00177. The number of aliphatic hydroxyl groups excluding tert-OH is 1. The first-order chi connectivity index (χ1) is 16.1. The molecule has 1 fully saturated rings. The van der Waals surface area contributed by atoms with Gasteiger partial charge in [0, 0.05) is 18.3 Å². The first kappa shape index (κ1) is 23.8. The van der Waals surface area contributed by atoms with Crippen LogP contribution in [0.15, 0.2) is 30.7 Å². The molecular weight excluding hydrogens is 448 g/mol. The summed E-state index contributed by atoms with van der Waals surface area (Å²) in [5.41, 5.74) is -0.722. The number of fused-ring (bicyclic) bond motifs is 1. The Morgan fingerprint density at radius 2 is 2.18 bits per heavy atom. The Morgan fingerprint density at radius 3 is 2.88 bits per heavy atom. The molecule has 1 amide bonds. The molecule has 5 N–H and O–H groups in total. The second kappa shape index (κ2) is 9.47. The van der Waals surface area contributed by atoms with Crippen LogP contribution < -0.4 is 16.0 Å². The zero-order valence-electron chi connectivity index (χ0n) is 18.8. The van der Waals surface area contributed by atoms with E-state index in [1.54, 1.807) is 6.07 Å². The molecule has 0 aromatic carbocycles. The second-order valence-electron chi connectivity index (χ2n) is 8.89. The predicted octanol–water partition coefficient (Wildman–Crippen LogP) is 2.17. The van der Waals surface area contributed by atoms with Crippen LogP contribution in [0.2, 0.25) is 0 Å². The fourth-order valence-electron chi connectivity index (χ4n) is 3.70. The normalized spacial score (nSPS) is 19.2. The van der Waals surface area contributed by atoms with Crippen molar-refractivity contribution in [3.8, 4) is 0 Å². The minimum absolute atomic E-state index is 0.0741. The van der Waals surface area contributed by atoms with Crippen LogP contribution in [0, 0.1) is 5.82 Å². The number of carbonyl (C=O) groups is 1. The largest absolute Gasteiger partial charge is 0.391 e. The van der Waals surface area contributed by atoms with Crippen molar-refractivity contribution in [2.75, 3.05) is 17.2 Å². The number of aliphatic hydroxyl groups is 2. The highest BCUT2D eigenvalue weighted by Crippen LogP contribution is 2.28. The molecule has 0 saturated heterocycles. The van der Waals surface area contributed by atoms with Gasteiger partial charge in [0.1, 0.15) is 12.0 Å². The molecule has 182 valence electrons. The highest BCUT2D eigenvalue weighted by atomic mass is 19.1. The lowest BCUT2D eigenvalue weighted by Gasteiger charge is -2.23. The molecule has 34 heavy (non-hydrogen) atoms. The number of hydrogen-bond acceptors (Lipinski definition) is 8. The number of carbonyl (C=O) groups excluding carboxylic acids is 1. The summed E-state index contributed by atoms with van der Waals surface area (Å²) in [6, 6.07) is 2.83. The summed E-state index contributed by atoms with van der Waals surface area (Å²) >= 11 is 0. The summed E-state index contributed by atoms with van der Waals surface area (Å²) in [4.78, 5) is 21.1. The second-order valence-corrected chi connectivity index (χ2v) is 8.89. The molecule has 3 aromatic rings. The van der Waals surface area contributed by atoms with Crippen molar-refractivity contribution in [1.29, 1.82) is 0 Å². The van der Waals surface area contributed by atoms with Crippen molar-refractivity contribution in [2.24, 2.45) is 0 Å². The Hall–Kier alpha value is -3.38. The Labute approximate surface area is 194 Å². The maximum Gasteiger partial charge on any atom is 0.255 e. The average molecular weight is 476 g/mol. The molecule has 0 aliphatic heterocycles. The van der Waals surface area contributed by atoms with Crippen molar-refractivity contribution < 1.29 is 23.8 Å². The van der Waals surface area contributed by atoms with E-state index >= 15 is 0 Å². The standard InChI is InChI=1S/C22H27F2N7O3/c1-22(2,34)17(24)10-26-21(33)12-9-25-18(8-15(12)28-14-4-3-5-16(14)32)29-20-13(23)11-31-19(30-20)6-7-27-31/h6-9,11,14,16-17,32,34H,3-5,10H2,1-2H3,(H,26,33)(H2,25,28,29,30). The monoisotopic (exact) mass is 475 g/mol. The first-order valence-electron chi connectivity index (χ1n) is 11.0. The molecule has 12 heteroatoms.